The van der Waals surface area contributed by atoms with Crippen LogP contribution in [-0.2, 0) is 4.79 Å². The van der Waals surface area contributed by atoms with Gasteiger partial charge in [-0.1, -0.05) is 84.0 Å². The van der Waals surface area contributed by atoms with Gasteiger partial charge in [0.05, 0.1) is 12.2 Å². The van der Waals surface area contributed by atoms with Crippen LogP contribution in [0, 0.1) is 0 Å². The van der Waals surface area contributed by atoms with Gasteiger partial charge in [-0.05, 0) is 12.5 Å². The normalized spacial score (nSPS) is 11.8. The number of carboxylic acid groups (broad SMARTS) is 1. The van der Waals surface area contributed by atoms with Crippen molar-refractivity contribution >= 4 is 5.97 Å². The van der Waals surface area contributed by atoms with Crippen LogP contribution in [0.4, 0.5) is 0 Å². The summed E-state index contributed by atoms with van der Waals surface area (Å²) in [7, 11) is 0. The summed E-state index contributed by atoms with van der Waals surface area (Å²) in [5, 5.41) is 18.0. The topological polar surface area (TPSA) is 57.5 Å². The van der Waals surface area contributed by atoms with E-state index in [0.717, 1.165) is 12.8 Å². The first-order chi connectivity index (χ1) is 10.7. The van der Waals surface area contributed by atoms with Crippen molar-refractivity contribution < 1.29 is 15.0 Å². The van der Waals surface area contributed by atoms with Gasteiger partial charge in [0.1, 0.15) is 0 Å². The molecule has 2 N–H and O–H groups in total. The minimum absolute atomic E-state index is 0.0791. The van der Waals surface area contributed by atoms with Crippen LogP contribution < -0.4 is 0 Å². The molecule has 0 aliphatic rings. The fourth-order valence-corrected chi connectivity index (χ4v) is 2.63. The van der Waals surface area contributed by atoms with E-state index in [2.05, 4.69) is 6.92 Å². The van der Waals surface area contributed by atoms with E-state index in [1.165, 1.54) is 76.7 Å². The summed E-state index contributed by atoms with van der Waals surface area (Å²) in [6.07, 6.45) is 18.9. The highest BCUT2D eigenvalue weighted by Gasteiger charge is 1.98. The quantitative estimate of drug-likeness (QED) is 0.256. The van der Waals surface area contributed by atoms with E-state index < -0.39 is 5.97 Å². The summed E-state index contributed by atoms with van der Waals surface area (Å²) in [5.41, 5.74) is 0. The van der Waals surface area contributed by atoms with Crippen LogP contribution in [0.2, 0.25) is 0 Å². The Kier molecular flexibility index (Phi) is 15.6. The molecule has 0 rings (SSSR count). The van der Waals surface area contributed by atoms with E-state index in [9.17, 15) is 9.90 Å². The molecular formula is C19H36O3. The van der Waals surface area contributed by atoms with Crippen molar-refractivity contribution in [1.82, 2.24) is 0 Å². The predicted octanol–water partition coefficient (Wildman–Crippen LogP) is 6.38. The number of unbranched alkanes of at least 4 members (excludes halogenated alkanes) is 12. The molecule has 130 valence electrons. The number of allylic oxidation sites excluding steroid dienone is 1. The van der Waals surface area contributed by atoms with Crippen molar-refractivity contribution in [3.8, 4) is 0 Å². The molecular weight excluding hydrogens is 276 g/mol. The molecule has 0 spiro atoms. The van der Waals surface area contributed by atoms with Crippen molar-refractivity contribution in [1.29, 1.82) is 0 Å². The van der Waals surface area contributed by atoms with Gasteiger partial charge in [0.15, 0.2) is 0 Å². The van der Waals surface area contributed by atoms with Crippen LogP contribution in [0.3, 0.4) is 0 Å². The summed E-state index contributed by atoms with van der Waals surface area (Å²) >= 11 is 0. The van der Waals surface area contributed by atoms with Gasteiger partial charge in [0.25, 0.3) is 0 Å². The van der Waals surface area contributed by atoms with E-state index >= 15 is 0 Å². The Balaban J connectivity index is 3.17. The van der Waals surface area contributed by atoms with Crippen molar-refractivity contribution in [3.05, 3.63) is 11.8 Å². The van der Waals surface area contributed by atoms with Gasteiger partial charge in [-0.2, -0.15) is 0 Å². The maximum atomic E-state index is 10.3. The van der Waals surface area contributed by atoms with Crippen molar-refractivity contribution in [2.24, 2.45) is 0 Å². The number of aliphatic hydroxyl groups is 1. The maximum absolute atomic E-state index is 10.3. The van der Waals surface area contributed by atoms with Gasteiger partial charge in [-0.3, -0.25) is 4.79 Å². The highest BCUT2D eigenvalue weighted by Crippen LogP contribution is 2.14. The molecule has 0 amide bonds. The second-order valence-corrected chi connectivity index (χ2v) is 6.29. The zero-order valence-corrected chi connectivity index (χ0v) is 14.5. The third kappa shape index (κ3) is 17.1. The van der Waals surface area contributed by atoms with Gasteiger partial charge in [0.2, 0.25) is 0 Å². The molecule has 0 fully saturated rings. The van der Waals surface area contributed by atoms with Crippen molar-refractivity contribution in [3.63, 3.8) is 0 Å². The second-order valence-electron chi connectivity index (χ2n) is 6.29. The molecule has 3 heteroatoms. The molecule has 0 saturated heterocycles. The average molecular weight is 312 g/mol. The number of aliphatic hydroxyl groups excluding tert-OH is 1. The van der Waals surface area contributed by atoms with E-state index in [1.807, 2.05) is 0 Å². The number of hydrogen-bond acceptors (Lipinski definition) is 2. The Morgan fingerprint density at radius 3 is 1.55 bits per heavy atom. The Morgan fingerprint density at radius 1 is 0.727 bits per heavy atom. The smallest absolute Gasteiger partial charge is 0.307 e. The standard InChI is InChI=1S/C19H36O3/c1-2-3-4-5-6-7-8-9-10-11-12-13-14-15-18(20)16-17-19(21)22/h16,20H,2-15,17H2,1H3,(H,21,22). The molecule has 0 bridgehead atoms. The predicted molar refractivity (Wildman–Crippen MR) is 93.3 cm³/mol. The molecule has 0 aromatic carbocycles. The Bertz CT molecular complexity index is 284. The molecule has 22 heavy (non-hydrogen) atoms. The van der Waals surface area contributed by atoms with Gasteiger partial charge in [-0.15, -0.1) is 0 Å². The van der Waals surface area contributed by atoms with E-state index in [-0.39, 0.29) is 12.2 Å². The highest BCUT2D eigenvalue weighted by atomic mass is 16.4. The first kappa shape index (κ1) is 21.0. The largest absolute Gasteiger partial charge is 0.513 e. The van der Waals surface area contributed by atoms with Crippen LogP contribution in [0.25, 0.3) is 0 Å². The minimum Gasteiger partial charge on any atom is -0.513 e. The fraction of sp³-hybridized carbons (Fsp3) is 0.842. The zero-order chi connectivity index (χ0) is 16.5. The lowest BCUT2D eigenvalue weighted by Gasteiger charge is -2.03. The summed E-state index contributed by atoms with van der Waals surface area (Å²) in [6.45, 7) is 2.26. The van der Waals surface area contributed by atoms with Crippen molar-refractivity contribution in [2.45, 2.75) is 103 Å². The average Bonchev–Trinajstić information content (AvgIpc) is 2.49. The van der Waals surface area contributed by atoms with Gasteiger partial charge >= 0.3 is 5.97 Å². The van der Waals surface area contributed by atoms with Gasteiger partial charge in [-0.25, -0.2) is 0 Å². The lowest BCUT2D eigenvalue weighted by Crippen LogP contribution is -1.92. The molecule has 0 unspecified atom stereocenters. The van der Waals surface area contributed by atoms with Gasteiger partial charge < -0.3 is 10.2 Å². The number of aliphatic carboxylic acids is 1. The number of hydrogen-bond donors (Lipinski definition) is 2. The van der Waals surface area contributed by atoms with Crippen molar-refractivity contribution in [2.75, 3.05) is 0 Å². The van der Waals surface area contributed by atoms with Crippen LogP contribution in [0.15, 0.2) is 11.8 Å². The lowest BCUT2D eigenvalue weighted by molar-refractivity contribution is -0.136. The Hall–Kier alpha value is -0.990. The second kappa shape index (κ2) is 16.4. The van der Waals surface area contributed by atoms with Crippen LogP contribution in [-0.4, -0.2) is 16.2 Å². The summed E-state index contributed by atoms with van der Waals surface area (Å²) < 4.78 is 0. The molecule has 3 nitrogen and oxygen atoms in total. The number of carbonyl (C=O) groups is 1. The number of rotatable bonds is 16. The maximum Gasteiger partial charge on any atom is 0.307 e. The SMILES string of the molecule is CCCCCCCCCCCCCCCC(O)=CCC(=O)O. The Morgan fingerprint density at radius 2 is 1.14 bits per heavy atom. The highest BCUT2D eigenvalue weighted by molar-refractivity contribution is 5.68. The van der Waals surface area contributed by atoms with Crippen LogP contribution in [0.5, 0.6) is 0 Å². The summed E-state index contributed by atoms with van der Waals surface area (Å²) in [6, 6.07) is 0. The number of carboxylic acids is 1. The van der Waals surface area contributed by atoms with Crippen LogP contribution >= 0.6 is 0 Å². The molecule has 0 saturated carbocycles. The van der Waals surface area contributed by atoms with E-state index in [1.54, 1.807) is 0 Å². The molecule has 0 heterocycles. The van der Waals surface area contributed by atoms with E-state index in [4.69, 9.17) is 5.11 Å². The monoisotopic (exact) mass is 312 g/mol. The molecule has 0 radical (unpaired) electrons. The molecule has 0 atom stereocenters. The first-order valence-corrected chi connectivity index (χ1v) is 9.26. The zero-order valence-electron chi connectivity index (χ0n) is 14.5. The summed E-state index contributed by atoms with van der Waals surface area (Å²) in [5.74, 6) is -0.664. The lowest BCUT2D eigenvalue weighted by atomic mass is 10.0. The minimum atomic E-state index is -0.892. The molecule has 0 aliphatic carbocycles. The van der Waals surface area contributed by atoms with Crippen LogP contribution in [0.1, 0.15) is 103 Å². The fourth-order valence-electron chi connectivity index (χ4n) is 2.63. The molecule has 0 aliphatic heterocycles. The van der Waals surface area contributed by atoms with E-state index in [0.29, 0.717) is 6.42 Å². The third-order valence-corrected chi connectivity index (χ3v) is 4.05. The molecule has 0 aromatic heterocycles. The van der Waals surface area contributed by atoms with Gasteiger partial charge in [0, 0.05) is 6.42 Å². The Labute approximate surface area is 136 Å². The first-order valence-electron chi connectivity index (χ1n) is 9.26. The summed E-state index contributed by atoms with van der Waals surface area (Å²) in [4.78, 5) is 10.3. The third-order valence-electron chi connectivity index (χ3n) is 4.05. The molecule has 0 aromatic rings.